The number of likely N-dealkylation sites (tertiary alicyclic amines) is 1. The Labute approximate surface area is 223 Å². The molecule has 0 saturated carbocycles. The second kappa shape index (κ2) is 12.1. The molecule has 3 aromatic rings. The first kappa shape index (κ1) is 27.1. The van der Waals surface area contributed by atoms with Gasteiger partial charge in [-0.3, -0.25) is 9.69 Å². The number of hydrogen-bond acceptors (Lipinski definition) is 3. The fourth-order valence-electron chi connectivity index (χ4n) is 5.17. The number of benzene rings is 2. The summed E-state index contributed by atoms with van der Waals surface area (Å²) in [7, 11) is 0. The van der Waals surface area contributed by atoms with E-state index in [0.29, 0.717) is 24.9 Å². The second-order valence-electron chi connectivity index (χ2n) is 12.1. The maximum atomic E-state index is 12.8. The van der Waals surface area contributed by atoms with Gasteiger partial charge in [-0.1, -0.05) is 77.1 Å². The fourth-order valence-corrected chi connectivity index (χ4v) is 5.17. The van der Waals surface area contributed by atoms with Gasteiger partial charge in [0.25, 0.3) is 0 Å². The lowest BCUT2D eigenvalue weighted by Gasteiger charge is -2.32. The minimum Gasteiger partial charge on any atom is -0.343 e. The zero-order chi connectivity index (χ0) is 26.4. The largest absolute Gasteiger partial charge is 0.343 e. The third kappa shape index (κ3) is 7.78. The lowest BCUT2D eigenvalue weighted by Crippen LogP contribution is -2.42. The van der Waals surface area contributed by atoms with Gasteiger partial charge in [0.1, 0.15) is 0 Å². The number of aromatic nitrogens is 2. The Morgan fingerprint density at radius 3 is 2.32 bits per heavy atom. The Morgan fingerprint density at radius 2 is 1.70 bits per heavy atom. The van der Waals surface area contributed by atoms with Crippen LogP contribution in [0, 0.1) is 11.8 Å². The number of nitrogens with zero attached hydrogens (tertiary/aromatic N) is 3. The maximum absolute atomic E-state index is 12.8. The van der Waals surface area contributed by atoms with E-state index in [1.807, 2.05) is 22.9 Å². The number of hydrogen-bond donors (Lipinski definition) is 1. The Bertz CT molecular complexity index is 1130. The van der Waals surface area contributed by atoms with Crippen LogP contribution in [-0.4, -0.2) is 40.3 Å². The van der Waals surface area contributed by atoms with E-state index >= 15 is 0 Å². The van der Waals surface area contributed by atoms with E-state index in [2.05, 4.69) is 87.3 Å². The van der Waals surface area contributed by atoms with Gasteiger partial charge in [0.2, 0.25) is 5.91 Å². The zero-order valence-electron chi connectivity index (χ0n) is 23.3. The van der Waals surface area contributed by atoms with E-state index in [9.17, 15) is 4.79 Å². The fraction of sp³-hybridized carbons (Fsp3) is 0.500. The summed E-state index contributed by atoms with van der Waals surface area (Å²) in [5.41, 5.74) is 6.05. The van der Waals surface area contributed by atoms with Gasteiger partial charge < -0.3 is 5.32 Å². The van der Waals surface area contributed by atoms with Crippen LogP contribution >= 0.6 is 0 Å². The van der Waals surface area contributed by atoms with Crippen molar-refractivity contribution in [3.63, 3.8) is 0 Å². The van der Waals surface area contributed by atoms with Crippen molar-refractivity contribution in [1.82, 2.24) is 20.0 Å². The summed E-state index contributed by atoms with van der Waals surface area (Å²) in [4.78, 5) is 15.1. The summed E-state index contributed by atoms with van der Waals surface area (Å²) in [6.45, 7) is 13.9. The van der Waals surface area contributed by atoms with Crippen LogP contribution in [0.15, 0.2) is 60.7 Å². The third-order valence-electron chi connectivity index (χ3n) is 7.34. The molecule has 0 atom stereocenters. The number of rotatable bonds is 9. The highest BCUT2D eigenvalue weighted by molar-refractivity contribution is 5.78. The predicted molar refractivity (Wildman–Crippen MR) is 152 cm³/mol. The van der Waals surface area contributed by atoms with Gasteiger partial charge in [-0.15, -0.1) is 0 Å². The highest BCUT2D eigenvalue weighted by atomic mass is 16.1. The molecule has 37 heavy (non-hydrogen) atoms. The first-order valence-corrected chi connectivity index (χ1v) is 13.9. The molecule has 5 heteroatoms. The van der Waals surface area contributed by atoms with Crippen LogP contribution in [-0.2, 0) is 29.5 Å². The van der Waals surface area contributed by atoms with Gasteiger partial charge in [-0.2, -0.15) is 5.10 Å². The summed E-state index contributed by atoms with van der Waals surface area (Å²) in [6.07, 6.45) is 4.74. The first-order chi connectivity index (χ1) is 17.7. The quantitative estimate of drug-likeness (QED) is 0.396. The van der Waals surface area contributed by atoms with Crippen molar-refractivity contribution in [1.29, 1.82) is 0 Å². The first-order valence-electron chi connectivity index (χ1n) is 13.9. The molecule has 1 aliphatic heterocycles. The number of amides is 1. The number of para-hydroxylation sites is 1. The smallest absolute Gasteiger partial charge is 0.227 e. The molecule has 0 unspecified atom stereocenters. The third-order valence-corrected chi connectivity index (χ3v) is 7.34. The number of carbonyl (C=O) groups is 1. The van der Waals surface area contributed by atoms with Gasteiger partial charge in [-0.25, -0.2) is 4.68 Å². The highest BCUT2D eigenvalue weighted by Crippen LogP contribution is 2.25. The molecular weight excluding hydrogens is 456 g/mol. The molecule has 198 valence electrons. The lowest BCUT2D eigenvalue weighted by molar-refractivity contribution is -0.121. The molecular formula is C32H44N4O. The number of carbonyl (C=O) groups excluding carboxylic acids is 1. The SMILES string of the molecule is CC(C)Cc1cc(CC(=O)NCN2CCC(Cc3ccc(C(C)(C)C)cc3)CC2)nn1-c1ccccc1. The van der Waals surface area contributed by atoms with Gasteiger partial charge in [0.15, 0.2) is 0 Å². The van der Waals surface area contributed by atoms with E-state index < -0.39 is 0 Å². The van der Waals surface area contributed by atoms with Crippen molar-refractivity contribution in [2.24, 2.45) is 11.8 Å². The van der Waals surface area contributed by atoms with Crippen LogP contribution < -0.4 is 5.32 Å². The minimum absolute atomic E-state index is 0.0369. The summed E-state index contributed by atoms with van der Waals surface area (Å²) in [6, 6.07) is 21.4. The topological polar surface area (TPSA) is 50.2 Å². The molecule has 1 aromatic heterocycles. The van der Waals surface area contributed by atoms with Crippen molar-refractivity contribution in [3.8, 4) is 5.69 Å². The summed E-state index contributed by atoms with van der Waals surface area (Å²) >= 11 is 0. The standard InChI is InChI=1S/C32H44N4O/c1-24(2)19-30-21-28(34-36(30)29-9-7-6-8-10-29)22-31(37)33-23-35-17-15-26(16-18-35)20-25-11-13-27(14-12-25)32(3,4)5/h6-14,21,24,26H,15-20,22-23H2,1-5H3,(H,33,37). The highest BCUT2D eigenvalue weighted by Gasteiger charge is 2.21. The van der Waals surface area contributed by atoms with Crippen LogP contribution in [0.5, 0.6) is 0 Å². The van der Waals surface area contributed by atoms with E-state index in [-0.39, 0.29) is 11.3 Å². The molecule has 2 heterocycles. The van der Waals surface area contributed by atoms with Gasteiger partial charge in [0, 0.05) is 18.8 Å². The number of nitrogens with one attached hydrogen (secondary N) is 1. The summed E-state index contributed by atoms with van der Waals surface area (Å²) < 4.78 is 1.99. The Kier molecular flexibility index (Phi) is 8.86. The second-order valence-corrected chi connectivity index (χ2v) is 12.1. The van der Waals surface area contributed by atoms with E-state index in [1.54, 1.807) is 0 Å². The normalized spacial score (nSPS) is 15.3. The molecule has 1 aliphatic rings. The van der Waals surface area contributed by atoms with Gasteiger partial charge in [-0.05, 0) is 72.3 Å². The summed E-state index contributed by atoms with van der Waals surface area (Å²) in [5, 5.41) is 7.91. The Morgan fingerprint density at radius 1 is 1.03 bits per heavy atom. The minimum atomic E-state index is 0.0369. The van der Waals surface area contributed by atoms with Crippen molar-refractivity contribution >= 4 is 5.91 Å². The molecule has 2 aromatic carbocycles. The molecule has 1 saturated heterocycles. The molecule has 4 rings (SSSR count). The molecule has 0 bridgehead atoms. The van der Waals surface area contributed by atoms with Crippen molar-refractivity contribution in [2.45, 2.75) is 72.1 Å². The molecule has 5 nitrogen and oxygen atoms in total. The van der Waals surface area contributed by atoms with Crippen LogP contribution in [0.25, 0.3) is 5.69 Å². The van der Waals surface area contributed by atoms with Gasteiger partial charge in [0.05, 0.1) is 24.5 Å². The van der Waals surface area contributed by atoms with E-state index in [4.69, 9.17) is 5.10 Å². The molecule has 0 aliphatic carbocycles. The molecule has 1 amide bonds. The monoisotopic (exact) mass is 500 g/mol. The number of piperidine rings is 1. The Hall–Kier alpha value is -2.92. The van der Waals surface area contributed by atoms with Gasteiger partial charge >= 0.3 is 0 Å². The van der Waals surface area contributed by atoms with Crippen molar-refractivity contribution < 1.29 is 4.79 Å². The summed E-state index contributed by atoms with van der Waals surface area (Å²) in [5.74, 6) is 1.27. The van der Waals surface area contributed by atoms with E-state index in [0.717, 1.165) is 43.0 Å². The average molecular weight is 501 g/mol. The Balaban J connectivity index is 1.24. The average Bonchev–Trinajstić information content (AvgIpc) is 3.25. The lowest BCUT2D eigenvalue weighted by atomic mass is 9.85. The van der Waals surface area contributed by atoms with Crippen LogP contribution in [0.4, 0.5) is 0 Å². The molecule has 1 N–H and O–H groups in total. The van der Waals surface area contributed by atoms with Crippen molar-refractivity contribution in [2.75, 3.05) is 19.8 Å². The van der Waals surface area contributed by atoms with Crippen LogP contribution in [0.1, 0.15) is 70.0 Å². The van der Waals surface area contributed by atoms with E-state index in [1.165, 1.54) is 24.0 Å². The molecule has 1 fully saturated rings. The van der Waals surface area contributed by atoms with Crippen molar-refractivity contribution in [3.05, 3.63) is 83.2 Å². The molecule has 0 radical (unpaired) electrons. The van der Waals surface area contributed by atoms with Crippen LogP contribution in [0.3, 0.4) is 0 Å². The maximum Gasteiger partial charge on any atom is 0.227 e. The zero-order valence-corrected chi connectivity index (χ0v) is 23.3. The molecule has 0 spiro atoms. The van der Waals surface area contributed by atoms with Crippen LogP contribution in [0.2, 0.25) is 0 Å². The predicted octanol–water partition coefficient (Wildman–Crippen LogP) is 5.94.